The number of rotatable bonds is 9. The maximum Gasteiger partial charge on any atom is 0.234 e. The highest BCUT2D eigenvalue weighted by Crippen LogP contribution is 2.25. The molecule has 1 unspecified atom stereocenters. The number of thioether (sulfide) groups is 1. The lowest BCUT2D eigenvalue weighted by molar-refractivity contribution is -0.113. The van der Waals surface area contributed by atoms with E-state index in [-0.39, 0.29) is 5.91 Å². The number of carbonyl (C=O) groups is 1. The van der Waals surface area contributed by atoms with E-state index >= 15 is 0 Å². The van der Waals surface area contributed by atoms with Crippen molar-refractivity contribution >= 4 is 39.8 Å². The molecule has 24 heavy (non-hydrogen) atoms. The zero-order valence-corrected chi connectivity index (χ0v) is 15.5. The van der Waals surface area contributed by atoms with Gasteiger partial charge in [0.2, 0.25) is 11.0 Å². The van der Waals surface area contributed by atoms with Crippen LogP contribution < -0.4 is 10.6 Å². The van der Waals surface area contributed by atoms with Crippen LogP contribution in [0.2, 0.25) is 0 Å². The predicted octanol–water partition coefficient (Wildman–Crippen LogP) is 4.38. The summed E-state index contributed by atoms with van der Waals surface area (Å²) in [6.07, 6.45) is 2.86. The molecule has 0 saturated carbocycles. The number of hydrogen-bond acceptors (Lipinski definition) is 6. The standard InChI is InChI=1S/C17H22N4OS2/c1-4-10-18-16-20-21-17(24-16)23-11-15(22)19-14-8-6-13(7-9-14)12(3)5-2/h4,6-9,12H,1,5,10-11H2,2-3H3,(H,18,20)(H,19,22). The van der Waals surface area contributed by atoms with Crippen molar-refractivity contribution in [1.29, 1.82) is 0 Å². The Bertz CT molecular complexity index is 669. The highest BCUT2D eigenvalue weighted by molar-refractivity contribution is 8.01. The number of nitrogens with zero attached hydrogens (tertiary/aromatic N) is 2. The number of anilines is 2. The average Bonchev–Trinajstić information content (AvgIpc) is 3.06. The Morgan fingerprint density at radius 1 is 1.38 bits per heavy atom. The number of aromatic nitrogens is 2. The van der Waals surface area contributed by atoms with Crippen LogP contribution >= 0.6 is 23.1 Å². The molecule has 2 rings (SSSR count). The molecule has 0 saturated heterocycles. The Labute approximate surface area is 151 Å². The molecule has 1 atom stereocenters. The second-order valence-corrected chi connectivity index (χ2v) is 7.51. The summed E-state index contributed by atoms with van der Waals surface area (Å²) in [5.74, 6) is 0.794. The van der Waals surface area contributed by atoms with Gasteiger partial charge in [-0.3, -0.25) is 4.79 Å². The van der Waals surface area contributed by atoms with Crippen LogP contribution in [0.1, 0.15) is 31.7 Å². The molecule has 0 bridgehead atoms. The fourth-order valence-electron chi connectivity index (χ4n) is 1.95. The van der Waals surface area contributed by atoms with Crippen molar-refractivity contribution in [2.45, 2.75) is 30.5 Å². The second kappa shape index (κ2) is 9.44. The third-order valence-electron chi connectivity index (χ3n) is 3.51. The van der Waals surface area contributed by atoms with Gasteiger partial charge in [-0.25, -0.2) is 0 Å². The Morgan fingerprint density at radius 3 is 2.79 bits per heavy atom. The number of carbonyl (C=O) groups excluding carboxylic acids is 1. The first-order valence-electron chi connectivity index (χ1n) is 7.83. The third-order valence-corrected chi connectivity index (χ3v) is 5.52. The summed E-state index contributed by atoms with van der Waals surface area (Å²) in [6, 6.07) is 8.04. The van der Waals surface area contributed by atoms with Gasteiger partial charge in [0.05, 0.1) is 5.75 Å². The fourth-order valence-corrected chi connectivity index (χ4v) is 3.51. The molecule has 0 radical (unpaired) electrons. The summed E-state index contributed by atoms with van der Waals surface area (Å²) >= 11 is 2.81. The van der Waals surface area contributed by atoms with Crippen LogP contribution in [-0.4, -0.2) is 28.4 Å². The molecule has 0 aliphatic heterocycles. The van der Waals surface area contributed by atoms with Crippen LogP contribution in [-0.2, 0) is 4.79 Å². The first-order valence-corrected chi connectivity index (χ1v) is 9.63. The van der Waals surface area contributed by atoms with Crippen molar-refractivity contribution in [2.24, 2.45) is 0 Å². The molecular weight excluding hydrogens is 340 g/mol. The monoisotopic (exact) mass is 362 g/mol. The zero-order chi connectivity index (χ0) is 17.4. The number of nitrogens with one attached hydrogen (secondary N) is 2. The number of hydrogen-bond donors (Lipinski definition) is 2. The topological polar surface area (TPSA) is 66.9 Å². The molecule has 0 fully saturated rings. The van der Waals surface area contributed by atoms with Crippen LogP contribution in [0.3, 0.4) is 0 Å². The van der Waals surface area contributed by atoms with Gasteiger partial charge >= 0.3 is 0 Å². The van der Waals surface area contributed by atoms with Crippen LogP contribution in [0, 0.1) is 0 Å². The van der Waals surface area contributed by atoms with Gasteiger partial charge in [0.15, 0.2) is 4.34 Å². The lowest BCUT2D eigenvalue weighted by atomic mass is 9.99. The lowest BCUT2D eigenvalue weighted by Gasteiger charge is -2.10. The van der Waals surface area contributed by atoms with Gasteiger partial charge < -0.3 is 10.6 Å². The average molecular weight is 363 g/mol. The fraction of sp³-hybridized carbons (Fsp3) is 0.353. The smallest absolute Gasteiger partial charge is 0.234 e. The quantitative estimate of drug-likeness (QED) is 0.512. The van der Waals surface area contributed by atoms with E-state index < -0.39 is 0 Å². The van der Waals surface area contributed by atoms with E-state index in [1.165, 1.54) is 28.7 Å². The summed E-state index contributed by atoms with van der Waals surface area (Å²) in [4.78, 5) is 12.0. The van der Waals surface area contributed by atoms with Gasteiger partial charge in [-0.1, -0.05) is 55.2 Å². The van der Waals surface area contributed by atoms with Crippen molar-refractivity contribution in [1.82, 2.24) is 10.2 Å². The molecule has 7 heteroatoms. The van der Waals surface area contributed by atoms with E-state index in [1.54, 1.807) is 6.08 Å². The normalized spacial score (nSPS) is 11.8. The minimum atomic E-state index is -0.0490. The minimum absolute atomic E-state index is 0.0490. The highest BCUT2D eigenvalue weighted by Gasteiger charge is 2.09. The maximum absolute atomic E-state index is 12.0. The Kier molecular flexibility index (Phi) is 7.27. The Hall–Kier alpha value is -1.86. The summed E-state index contributed by atoms with van der Waals surface area (Å²) < 4.78 is 0.767. The minimum Gasteiger partial charge on any atom is -0.357 e. The van der Waals surface area contributed by atoms with Crippen LogP contribution in [0.15, 0.2) is 41.3 Å². The van der Waals surface area contributed by atoms with Gasteiger partial charge in [0, 0.05) is 12.2 Å². The van der Waals surface area contributed by atoms with E-state index in [0.717, 1.165) is 21.6 Å². The predicted molar refractivity (Wildman–Crippen MR) is 103 cm³/mol. The van der Waals surface area contributed by atoms with Crippen molar-refractivity contribution in [3.05, 3.63) is 42.5 Å². The number of benzene rings is 1. The SMILES string of the molecule is C=CCNc1nnc(SCC(=O)Nc2ccc(C(C)CC)cc2)s1. The van der Waals surface area contributed by atoms with E-state index in [1.807, 2.05) is 12.1 Å². The van der Waals surface area contributed by atoms with Gasteiger partial charge in [-0.2, -0.15) is 0 Å². The lowest BCUT2D eigenvalue weighted by Crippen LogP contribution is -2.13. The molecule has 0 spiro atoms. The van der Waals surface area contributed by atoms with Gasteiger partial charge in [0.1, 0.15) is 0 Å². The molecule has 1 aromatic carbocycles. The van der Waals surface area contributed by atoms with Crippen LogP contribution in [0.25, 0.3) is 0 Å². The molecule has 2 N–H and O–H groups in total. The van der Waals surface area contributed by atoms with E-state index in [9.17, 15) is 4.79 Å². The summed E-state index contributed by atoms with van der Waals surface area (Å²) in [7, 11) is 0. The molecule has 1 aromatic heterocycles. The van der Waals surface area contributed by atoms with Gasteiger partial charge in [-0.15, -0.1) is 16.8 Å². The zero-order valence-electron chi connectivity index (χ0n) is 13.9. The summed E-state index contributed by atoms with van der Waals surface area (Å²) in [5.41, 5.74) is 2.11. The van der Waals surface area contributed by atoms with E-state index in [4.69, 9.17) is 0 Å². The largest absolute Gasteiger partial charge is 0.357 e. The van der Waals surface area contributed by atoms with Gasteiger partial charge in [0.25, 0.3) is 0 Å². The van der Waals surface area contributed by atoms with Crippen LogP contribution in [0.4, 0.5) is 10.8 Å². The molecule has 0 aliphatic rings. The van der Waals surface area contributed by atoms with Crippen molar-refractivity contribution in [3.8, 4) is 0 Å². The van der Waals surface area contributed by atoms with Crippen molar-refractivity contribution < 1.29 is 4.79 Å². The first kappa shape index (κ1) is 18.5. The Morgan fingerprint density at radius 2 is 2.12 bits per heavy atom. The molecule has 0 aliphatic carbocycles. The molecule has 1 heterocycles. The Balaban J connectivity index is 1.80. The van der Waals surface area contributed by atoms with Gasteiger partial charge in [-0.05, 0) is 30.0 Å². The molecule has 2 aromatic rings. The first-order chi connectivity index (χ1) is 11.6. The summed E-state index contributed by atoms with van der Waals surface area (Å²) in [6.45, 7) is 8.65. The molecule has 5 nitrogen and oxygen atoms in total. The molecule has 1 amide bonds. The highest BCUT2D eigenvalue weighted by atomic mass is 32.2. The summed E-state index contributed by atoms with van der Waals surface area (Å²) in [5, 5.41) is 14.8. The maximum atomic E-state index is 12.0. The molecular formula is C17H22N4OS2. The number of amides is 1. The van der Waals surface area contributed by atoms with E-state index in [2.05, 4.69) is 53.4 Å². The van der Waals surface area contributed by atoms with Crippen LogP contribution in [0.5, 0.6) is 0 Å². The third kappa shape index (κ3) is 5.65. The second-order valence-electron chi connectivity index (χ2n) is 5.31. The molecule has 128 valence electrons. The van der Waals surface area contributed by atoms with E-state index in [0.29, 0.717) is 18.2 Å². The van der Waals surface area contributed by atoms with Crippen molar-refractivity contribution in [2.75, 3.05) is 22.9 Å². The van der Waals surface area contributed by atoms with Crippen molar-refractivity contribution in [3.63, 3.8) is 0 Å².